The molecule has 1 aromatic rings. The molecule has 0 saturated heterocycles. The van der Waals surface area contributed by atoms with Crippen LogP contribution in [0.2, 0.25) is 0 Å². The molecule has 3 rings (SSSR count). The predicted molar refractivity (Wildman–Crippen MR) is 82.4 cm³/mol. The highest BCUT2D eigenvalue weighted by molar-refractivity contribution is 7.10. The van der Waals surface area contributed by atoms with Crippen LogP contribution < -0.4 is 5.73 Å². The van der Waals surface area contributed by atoms with Gasteiger partial charge in [0.25, 0.3) is 0 Å². The van der Waals surface area contributed by atoms with Crippen molar-refractivity contribution < 1.29 is 0 Å². The fourth-order valence-electron chi connectivity index (χ4n) is 4.55. The Morgan fingerprint density at radius 2 is 2.26 bits per heavy atom. The zero-order chi connectivity index (χ0) is 13.7. The molecule has 19 heavy (non-hydrogen) atoms. The fourth-order valence-corrected chi connectivity index (χ4v) is 5.44. The van der Waals surface area contributed by atoms with E-state index in [0.29, 0.717) is 11.3 Å². The van der Waals surface area contributed by atoms with Crippen LogP contribution in [0.5, 0.6) is 0 Å². The monoisotopic (exact) mass is 278 g/mol. The second-order valence-electron chi connectivity index (χ2n) is 7.29. The van der Waals surface area contributed by atoms with Crippen molar-refractivity contribution in [2.24, 2.45) is 17.1 Å². The number of hydrogen-bond donors (Lipinski definition) is 1. The van der Waals surface area contributed by atoms with Gasteiger partial charge in [-0.1, -0.05) is 20.8 Å². The summed E-state index contributed by atoms with van der Waals surface area (Å²) in [5.74, 6) is 0.702. The van der Waals surface area contributed by atoms with Gasteiger partial charge in [-0.15, -0.1) is 11.3 Å². The molecule has 1 fully saturated rings. The van der Waals surface area contributed by atoms with Crippen molar-refractivity contribution in [2.45, 2.75) is 52.1 Å². The van der Waals surface area contributed by atoms with E-state index in [4.69, 9.17) is 5.73 Å². The summed E-state index contributed by atoms with van der Waals surface area (Å²) in [6, 6.07) is 2.31. The lowest BCUT2D eigenvalue weighted by atomic mass is 9.83. The molecule has 2 N–H and O–H groups in total. The van der Waals surface area contributed by atoms with Gasteiger partial charge in [0.15, 0.2) is 0 Å². The molecular formula is C16H26N2S. The van der Waals surface area contributed by atoms with E-state index in [-0.39, 0.29) is 5.54 Å². The minimum absolute atomic E-state index is 0.225. The van der Waals surface area contributed by atoms with Crippen LogP contribution in [0, 0.1) is 11.3 Å². The molecule has 0 spiro atoms. The van der Waals surface area contributed by atoms with E-state index in [1.54, 1.807) is 10.4 Å². The standard InChI is InChI=1S/C16H26N2S/c1-12-8-15(2,3)10-16(12,11-17)18-6-4-14-13(9-18)5-7-19-14/h5,7,12H,4,6,8-11,17H2,1-3H3. The Labute approximate surface area is 121 Å². The maximum atomic E-state index is 6.27. The minimum atomic E-state index is 0.225. The Kier molecular flexibility index (Phi) is 3.27. The highest BCUT2D eigenvalue weighted by atomic mass is 32.1. The zero-order valence-electron chi connectivity index (χ0n) is 12.4. The highest BCUT2D eigenvalue weighted by Crippen LogP contribution is 2.51. The second-order valence-corrected chi connectivity index (χ2v) is 8.30. The molecule has 1 saturated carbocycles. The Morgan fingerprint density at radius 3 is 2.89 bits per heavy atom. The first-order chi connectivity index (χ1) is 8.97. The van der Waals surface area contributed by atoms with E-state index < -0.39 is 0 Å². The van der Waals surface area contributed by atoms with Gasteiger partial charge in [0.2, 0.25) is 0 Å². The van der Waals surface area contributed by atoms with Gasteiger partial charge in [-0.05, 0) is 47.6 Å². The van der Waals surface area contributed by atoms with Gasteiger partial charge < -0.3 is 5.73 Å². The molecule has 0 amide bonds. The molecule has 2 atom stereocenters. The van der Waals surface area contributed by atoms with Crippen LogP contribution in [0.15, 0.2) is 11.4 Å². The van der Waals surface area contributed by atoms with Gasteiger partial charge in [0.1, 0.15) is 0 Å². The highest BCUT2D eigenvalue weighted by Gasteiger charge is 2.51. The molecule has 2 aliphatic rings. The smallest absolute Gasteiger partial charge is 0.0366 e. The lowest BCUT2D eigenvalue weighted by molar-refractivity contribution is 0.0467. The third kappa shape index (κ3) is 2.16. The van der Waals surface area contributed by atoms with E-state index in [1.165, 1.54) is 25.8 Å². The number of thiophene rings is 1. The van der Waals surface area contributed by atoms with Crippen LogP contribution in [0.1, 0.15) is 44.1 Å². The molecule has 0 aromatic carbocycles. The van der Waals surface area contributed by atoms with Gasteiger partial charge in [0, 0.05) is 30.1 Å². The van der Waals surface area contributed by atoms with Crippen molar-refractivity contribution in [3.05, 3.63) is 21.9 Å². The summed E-state index contributed by atoms with van der Waals surface area (Å²) < 4.78 is 0. The van der Waals surface area contributed by atoms with Gasteiger partial charge in [-0.3, -0.25) is 4.90 Å². The van der Waals surface area contributed by atoms with Crippen molar-refractivity contribution in [3.8, 4) is 0 Å². The van der Waals surface area contributed by atoms with Crippen molar-refractivity contribution in [3.63, 3.8) is 0 Å². The molecule has 1 aliphatic carbocycles. The van der Waals surface area contributed by atoms with Crippen LogP contribution in [0.25, 0.3) is 0 Å². The lowest BCUT2D eigenvalue weighted by Crippen LogP contribution is -2.57. The molecular weight excluding hydrogens is 252 g/mol. The van der Waals surface area contributed by atoms with Crippen LogP contribution in [0.3, 0.4) is 0 Å². The molecule has 106 valence electrons. The van der Waals surface area contributed by atoms with E-state index in [1.807, 2.05) is 11.3 Å². The summed E-state index contributed by atoms with van der Waals surface area (Å²) in [6.07, 6.45) is 3.76. The van der Waals surface area contributed by atoms with Crippen LogP contribution >= 0.6 is 11.3 Å². The van der Waals surface area contributed by atoms with Crippen molar-refractivity contribution in [1.29, 1.82) is 0 Å². The number of rotatable bonds is 2. The Hall–Kier alpha value is -0.380. The number of fused-ring (bicyclic) bond motifs is 1. The molecule has 1 aromatic heterocycles. The maximum Gasteiger partial charge on any atom is 0.0366 e. The van der Waals surface area contributed by atoms with Crippen LogP contribution in [-0.4, -0.2) is 23.5 Å². The summed E-state index contributed by atoms with van der Waals surface area (Å²) in [6.45, 7) is 10.3. The summed E-state index contributed by atoms with van der Waals surface area (Å²) in [7, 11) is 0. The topological polar surface area (TPSA) is 29.3 Å². The zero-order valence-corrected chi connectivity index (χ0v) is 13.2. The first kappa shape index (κ1) is 13.6. The van der Waals surface area contributed by atoms with Gasteiger partial charge in [-0.2, -0.15) is 0 Å². The van der Waals surface area contributed by atoms with Gasteiger partial charge in [-0.25, -0.2) is 0 Å². The quantitative estimate of drug-likeness (QED) is 0.899. The maximum absolute atomic E-state index is 6.27. The molecule has 1 aliphatic heterocycles. The first-order valence-electron chi connectivity index (χ1n) is 7.47. The Bertz CT molecular complexity index is 465. The van der Waals surface area contributed by atoms with E-state index in [0.717, 1.165) is 13.1 Å². The molecule has 2 nitrogen and oxygen atoms in total. The fraction of sp³-hybridized carbons (Fsp3) is 0.750. The van der Waals surface area contributed by atoms with Gasteiger partial charge >= 0.3 is 0 Å². The summed E-state index contributed by atoms with van der Waals surface area (Å²) in [5.41, 5.74) is 8.47. The molecule has 2 heterocycles. The minimum Gasteiger partial charge on any atom is -0.329 e. The summed E-state index contributed by atoms with van der Waals surface area (Å²) in [5, 5.41) is 2.24. The molecule has 0 bridgehead atoms. The van der Waals surface area contributed by atoms with Crippen molar-refractivity contribution in [2.75, 3.05) is 13.1 Å². The van der Waals surface area contributed by atoms with Gasteiger partial charge in [0.05, 0.1) is 0 Å². The van der Waals surface area contributed by atoms with E-state index >= 15 is 0 Å². The third-order valence-electron chi connectivity index (χ3n) is 5.35. The van der Waals surface area contributed by atoms with Crippen LogP contribution in [-0.2, 0) is 13.0 Å². The summed E-state index contributed by atoms with van der Waals surface area (Å²) >= 11 is 1.92. The number of nitrogens with zero attached hydrogens (tertiary/aromatic N) is 1. The Morgan fingerprint density at radius 1 is 1.47 bits per heavy atom. The normalized spacial score (nSPS) is 34.4. The Balaban J connectivity index is 1.88. The lowest BCUT2D eigenvalue weighted by Gasteiger charge is -2.46. The largest absolute Gasteiger partial charge is 0.329 e. The number of nitrogens with two attached hydrogens (primary N) is 1. The molecule has 3 heteroatoms. The SMILES string of the molecule is CC1CC(C)(C)CC1(CN)N1CCc2sccc2C1. The second kappa shape index (κ2) is 4.57. The molecule has 2 unspecified atom stereocenters. The number of hydrogen-bond acceptors (Lipinski definition) is 3. The summed E-state index contributed by atoms with van der Waals surface area (Å²) in [4.78, 5) is 4.29. The average molecular weight is 278 g/mol. The first-order valence-corrected chi connectivity index (χ1v) is 8.35. The van der Waals surface area contributed by atoms with Crippen LogP contribution in [0.4, 0.5) is 0 Å². The van der Waals surface area contributed by atoms with Crippen molar-refractivity contribution in [1.82, 2.24) is 4.90 Å². The molecule has 0 radical (unpaired) electrons. The average Bonchev–Trinajstić information content (AvgIpc) is 2.90. The predicted octanol–water partition coefficient (Wildman–Crippen LogP) is 3.26. The third-order valence-corrected chi connectivity index (χ3v) is 6.37. The van der Waals surface area contributed by atoms with E-state index in [9.17, 15) is 0 Å². The van der Waals surface area contributed by atoms with Crippen molar-refractivity contribution >= 4 is 11.3 Å². The van der Waals surface area contributed by atoms with E-state index in [2.05, 4.69) is 37.1 Å².